The van der Waals surface area contributed by atoms with Gasteiger partial charge in [0.15, 0.2) is 0 Å². The molecule has 0 aliphatic heterocycles. The molecule has 2 unspecified atom stereocenters. The van der Waals surface area contributed by atoms with Crippen LogP contribution in [0.4, 0.5) is 0 Å². The number of aromatic amines is 1. The number of amides is 1. The van der Waals surface area contributed by atoms with Gasteiger partial charge in [0.1, 0.15) is 6.04 Å². The molecular formula is C20H19ClN2O4. The summed E-state index contributed by atoms with van der Waals surface area (Å²) in [6.07, 6.45) is 0.612. The SMILES string of the molecule is O=C(CC(O)c1ccc(Cl)cc1)NC(Cc1c[nH]c2ccccc12)C(=O)O. The summed E-state index contributed by atoms with van der Waals surface area (Å²) >= 11 is 5.81. The third kappa shape index (κ3) is 4.67. The predicted molar refractivity (Wildman–Crippen MR) is 103 cm³/mol. The highest BCUT2D eigenvalue weighted by Crippen LogP contribution is 2.21. The normalized spacial score (nSPS) is 13.3. The molecule has 0 aliphatic carbocycles. The Labute approximate surface area is 160 Å². The van der Waals surface area contributed by atoms with Crippen LogP contribution in [-0.4, -0.2) is 33.1 Å². The van der Waals surface area contributed by atoms with Crippen LogP contribution >= 0.6 is 11.6 Å². The van der Waals surface area contributed by atoms with Crippen molar-refractivity contribution < 1.29 is 19.8 Å². The Balaban J connectivity index is 1.66. The fourth-order valence-electron chi connectivity index (χ4n) is 2.95. The number of carbonyl (C=O) groups excluding carboxylic acids is 1. The second kappa shape index (κ2) is 8.24. The molecule has 2 aromatic carbocycles. The van der Waals surface area contributed by atoms with Gasteiger partial charge in [-0.05, 0) is 29.3 Å². The first-order valence-corrected chi connectivity index (χ1v) is 8.82. The molecule has 0 saturated heterocycles. The summed E-state index contributed by atoms with van der Waals surface area (Å²) in [5, 5.41) is 23.6. The molecule has 27 heavy (non-hydrogen) atoms. The summed E-state index contributed by atoms with van der Waals surface area (Å²) in [6, 6.07) is 13.0. The lowest BCUT2D eigenvalue weighted by Gasteiger charge is -2.16. The van der Waals surface area contributed by atoms with E-state index in [1.807, 2.05) is 24.3 Å². The Bertz CT molecular complexity index is 952. The lowest BCUT2D eigenvalue weighted by atomic mass is 10.0. The molecule has 0 aliphatic rings. The number of aromatic nitrogens is 1. The fourth-order valence-corrected chi connectivity index (χ4v) is 3.08. The van der Waals surface area contributed by atoms with Crippen LogP contribution in [0.25, 0.3) is 10.9 Å². The molecule has 1 aromatic heterocycles. The summed E-state index contributed by atoms with van der Waals surface area (Å²) in [6.45, 7) is 0. The van der Waals surface area contributed by atoms with E-state index in [0.29, 0.717) is 10.6 Å². The molecule has 140 valence electrons. The molecule has 3 rings (SSSR count). The quantitative estimate of drug-likeness (QED) is 0.501. The number of halogens is 1. The summed E-state index contributed by atoms with van der Waals surface area (Å²) in [7, 11) is 0. The molecule has 0 radical (unpaired) electrons. The van der Waals surface area contributed by atoms with E-state index < -0.39 is 24.0 Å². The number of carboxylic acids is 1. The van der Waals surface area contributed by atoms with Crippen molar-refractivity contribution in [3.63, 3.8) is 0 Å². The number of carbonyl (C=O) groups is 2. The predicted octanol–water partition coefficient (Wildman–Crippen LogP) is 3.06. The van der Waals surface area contributed by atoms with Gasteiger partial charge in [-0.1, -0.05) is 41.9 Å². The molecule has 0 saturated carbocycles. The number of nitrogens with one attached hydrogen (secondary N) is 2. The second-order valence-corrected chi connectivity index (χ2v) is 6.73. The number of aliphatic hydroxyl groups excluding tert-OH is 1. The van der Waals surface area contributed by atoms with Gasteiger partial charge in [-0.3, -0.25) is 4.79 Å². The van der Waals surface area contributed by atoms with E-state index in [2.05, 4.69) is 10.3 Å². The second-order valence-electron chi connectivity index (χ2n) is 6.29. The van der Waals surface area contributed by atoms with Crippen LogP contribution in [0.5, 0.6) is 0 Å². The van der Waals surface area contributed by atoms with Gasteiger partial charge < -0.3 is 20.5 Å². The van der Waals surface area contributed by atoms with E-state index in [1.54, 1.807) is 30.5 Å². The monoisotopic (exact) mass is 386 g/mol. The number of hydrogen-bond donors (Lipinski definition) is 4. The summed E-state index contributed by atoms with van der Waals surface area (Å²) in [4.78, 5) is 26.9. The maximum atomic E-state index is 12.2. The van der Waals surface area contributed by atoms with Crippen molar-refractivity contribution in [3.8, 4) is 0 Å². The van der Waals surface area contributed by atoms with Crippen molar-refractivity contribution in [1.82, 2.24) is 10.3 Å². The smallest absolute Gasteiger partial charge is 0.326 e. The van der Waals surface area contributed by atoms with Gasteiger partial charge in [-0.15, -0.1) is 0 Å². The van der Waals surface area contributed by atoms with Crippen molar-refractivity contribution in [1.29, 1.82) is 0 Å². The highest BCUT2D eigenvalue weighted by atomic mass is 35.5. The summed E-state index contributed by atoms with van der Waals surface area (Å²) in [5.74, 6) is -1.67. The molecule has 3 aromatic rings. The van der Waals surface area contributed by atoms with Gasteiger partial charge in [-0.25, -0.2) is 4.79 Å². The minimum Gasteiger partial charge on any atom is -0.480 e. The molecule has 0 fully saturated rings. The van der Waals surface area contributed by atoms with Gasteiger partial charge in [0.25, 0.3) is 0 Å². The van der Waals surface area contributed by atoms with Crippen LogP contribution < -0.4 is 5.32 Å². The number of carboxylic acid groups (broad SMARTS) is 1. The van der Waals surface area contributed by atoms with Crippen LogP contribution in [-0.2, 0) is 16.0 Å². The Hall–Kier alpha value is -2.83. The number of H-pyrrole nitrogens is 1. The number of para-hydroxylation sites is 1. The average molecular weight is 387 g/mol. The molecule has 6 nitrogen and oxygen atoms in total. The first kappa shape index (κ1) is 18.9. The van der Waals surface area contributed by atoms with Crippen LogP contribution in [0.2, 0.25) is 5.02 Å². The molecule has 2 atom stereocenters. The van der Waals surface area contributed by atoms with Crippen LogP contribution in [0.15, 0.2) is 54.7 Å². The molecule has 1 amide bonds. The molecule has 4 N–H and O–H groups in total. The average Bonchev–Trinajstić information content (AvgIpc) is 3.04. The topological polar surface area (TPSA) is 102 Å². The Kier molecular flexibility index (Phi) is 5.78. The van der Waals surface area contributed by atoms with Gasteiger partial charge in [-0.2, -0.15) is 0 Å². The molecule has 0 bridgehead atoms. The van der Waals surface area contributed by atoms with E-state index in [4.69, 9.17) is 11.6 Å². The minimum atomic E-state index is -1.13. The Morgan fingerprint density at radius 1 is 1.11 bits per heavy atom. The molecule has 7 heteroatoms. The number of benzene rings is 2. The third-order valence-corrected chi connectivity index (χ3v) is 4.62. The number of fused-ring (bicyclic) bond motifs is 1. The van der Waals surface area contributed by atoms with Crippen molar-refractivity contribution in [2.24, 2.45) is 0 Å². The number of aliphatic hydroxyl groups is 1. The van der Waals surface area contributed by atoms with E-state index in [-0.39, 0.29) is 12.8 Å². The van der Waals surface area contributed by atoms with Gasteiger partial charge in [0.05, 0.1) is 12.5 Å². The Morgan fingerprint density at radius 2 is 1.81 bits per heavy atom. The van der Waals surface area contributed by atoms with Gasteiger partial charge in [0.2, 0.25) is 5.91 Å². The number of aliphatic carboxylic acids is 1. The van der Waals surface area contributed by atoms with E-state index in [0.717, 1.165) is 16.5 Å². The van der Waals surface area contributed by atoms with Gasteiger partial charge in [0, 0.05) is 28.5 Å². The zero-order valence-electron chi connectivity index (χ0n) is 14.4. The lowest BCUT2D eigenvalue weighted by molar-refractivity contribution is -0.142. The summed E-state index contributed by atoms with van der Waals surface area (Å²) in [5.41, 5.74) is 2.25. The molecule has 0 spiro atoms. The van der Waals surface area contributed by atoms with Crippen molar-refractivity contribution in [2.75, 3.05) is 0 Å². The van der Waals surface area contributed by atoms with Crippen LogP contribution in [0.3, 0.4) is 0 Å². The first-order valence-electron chi connectivity index (χ1n) is 8.44. The van der Waals surface area contributed by atoms with Crippen LogP contribution in [0.1, 0.15) is 23.7 Å². The zero-order chi connectivity index (χ0) is 19.4. The maximum absolute atomic E-state index is 12.2. The van der Waals surface area contributed by atoms with E-state index in [9.17, 15) is 19.8 Å². The summed E-state index contributed by atoms with van der Waals surface area (Å²) < 4.78 is 0. The molecule has 1 heterocycles. The minimum absolute atomic E-state index is 0.141. The highest BCUT2D eigenvalue weighted by Gasteiger charge is 2.23. The maximum Gasteiger partial charge on any atom is 0.326 e. The van der Waals surface area contributed by atoms with Crippen molar-refractivity contribution >= 4 is 34.4 Å². The van der Waals surface area contributed by atoms with Gasteiger partial charge >= 0.3 is 5.97 Å². The van der Waals surface area contributed by atoms with Crippen LogP contribution in [0, 0.1) is 0 Å². The number of hydrogen-bond acceptors (Lipinski definition) is 3. The van der Waals surface area contributed by atoms with Crippen molar-refractivity contribution in [3.05, 3.63) is 70.9 Å². The standard InChI is InChI=1S/C20H19ClN2O4/c21-14-7-5-12(6-8-14)18(24)10-19(25)23-17(20(26)27)9-13-11-22-16-4-2-1-3-15(13)16/h1-8,11,17-18,22,24H,9-10H2,(H,23,25)(H,26,27). The zero-order valence-corrected chi connectivity index (χ0v) is 15.1. The Morgan fingerprint density at radius 3 is 2.52 bits per heavy atom. The molecular weight excluding hydrogens is 368 g/mol. The highest BCUT2D eigenvalue weighted by molar-refractivity contribution is 6.30. The number of rotatable bonds is 7. The van der Waals surface area contributed by atoms with Crippen molar-refractivity contribution in [2.45, 2.75) is 25.0 Å². The lowest BCUT2D eigenvalue weighted by Crippen LogP contribution is -2.42. The fraction of sp³-hybridized carbons (Fsp3) is 0.200. The van der Waals surface area contributed by atoms with E-state index >= 15 is 0 Å². The van der Waals surface area contributed by atoms with E-state index in [1.165, 1.54) is 0 Å². The third-order valence-electron chi connectivity index (χ3n) is 4.37. The first-order chi connectivity index (χ1) is 12.9. The largest absolute Gasteiger partial charge is 0.480 e.